The topological polar surface area (TPSA) is 0 Å². The molecule has 0 heteroatoms. The summed E-state index contributed by atoms with van der Waals surface area (Å²) in [5, 5.41) is 0. The molecule has 0 nitrogen and oxygen atoms in total. The largest absolute Gasteiger partial charge is 0.103 e. The number of rotatable bonds is 1. The van der Waals surface area contributed by atoms with E-state index in [1.165, 1.54) is 19.3 Å². The Morgan fingerprint density at radius 3 is 1.87 bits per heavy atom. The van der Waals surface area contributed by atoms with Crippen molar-refractivity contribution in [1.82, 2.24) is 0 Å². The van der Waals surface area contributed by atoms with Gasteiger partial charge in [0.1, 0.15) is 0 Å². The molecule has 2 rings (SSSR count). The zero-order valence-corrected chi connectivity index (χ0v) is 10.4. The lowest BCUT2D eigenvalue weighted by Crippen LogP contribution is -1.77. The Balaban J connectivity index is 0.000000282. The molecule has 1 aromatic carbocycles. The molecule has 15 heavy (non-hydrogen) atoms. The first-order valence-corrected chi connectivity index (χ1v) is 6.06. The number of hydrogen-bond acceptors (Lipinski definition) is 0. The Hall–Kier alpha value is -1.04. The maximum atomic E-state index is 3.48. The van der Waals surface area contributed by atoms with Crippen molar-refractivity contribution in [2.75, 3.05) is 0 Å². The van der Waals surface area contributed by atoms with E-state index in [2.05, 4.69) is 37.8 Å². The van der Waals surface area contributed by atoms with Gasteiger partial charge in [-0.3, -0.25) is 0 Å². The summed E-state index contributed by atoms with van der Waals surface area (Å²) in [6, 6.07) is 8.74. The maximum Gasteiger partial charge on any atom is -0.0273 e. The van der Waals surface area contributed by atoms with E-state index in [-0.39, 0.29) is 0 Å². The molecule has 0 N–H and O–H groups in total. The molecule has 0 atom stereocenters. The van der Waals surface area contributed by atoms with Gasteiger partial charge in [0.05, 0.1) is 0 Å². The molecule has 84 valence electrons. The number of fused-ring (bicyclic) bond motifs is 1. The standard InChI is InChI=1S/C9H10.C4H8.C2H6/c1-2-5-9-7-3-6-8(9)4-1;1-3-4-2;1-2/h1-2,4-5H,3,6-7H2;3H,1,4H2,2H3;1-2H3. The second kappa shape index (κ2) is 9.51. The quantitative estimate of drug-likeness (QED) is 0.577. The second-order valence-electron chi connectivity index (χ2n) is 3.32. The summed E-state index contributed by atoms with van der Waals surface area (Å²) in [5.74, 6) is 0. The lowest BCUT2D eigenvalue weighted by molar-refractivity contribution is 0.912. The third-order valence-corrected chi connectivity index (χ3v) is 2.30. The molecular formula is C15H24. The molecule has 1 aliphatic rings. The minimum atomic E-state index is 1.08. The highest BCUT2D eigenvalue weighted by Crippen LogP contribution is 2.20. The summed E-state index contributed by atoms with van der Waals surface area (Å²) in [6.07, 6.45) is 6.92. The normalized spacial score (nSPS) is 11.4. The highest BCUT2D eigenvalue weighted by atomic mass is 14.1. The Kier molecular flexibility index (Phi) is 8.85. The van der Waals surface area contributed by atoms with E-state index in [1.807, 2.05) is 19.9 Å². The van der Waals surface area contributed by atoms with Gasteiger partial charge in [0.25, 0.3) is 0 Å². The lowest BCUT2D eigenvalue weighted by atomic mass is 10.1. The molecule has 0 spiro atoms. The van der Waals surface area contributed by atoms with Crippen molar-refractivity contribution in [2.24, 2.45) is 0 Å². The number of aryl methyl sites for hydroxylation is 2. The summed E-state index contributed by atoms with van der Waals surface area (Å²) < 4.78 is 0. The highest BCUT2D eigenvalue weighted by molar-refractivity contribution is 5.30. The van der Waals surface area contributed by atoms with Gasteiger partial charge in [0, 0.05) is 0 Å². The van der Waals surface area contributed by atoms with E-state index in [9.17, 15) is 0 Å². The summed E-state index contributed by atoms with van der Waals surface area (Å²) in [5.41, 5.74) is 3.13. The van der Waals surface area contributed by atoms with E-state index >= 15 is 0 Å². The molecule has 0 bridgehead atoms. The summed E-state index contributed by atoms with van der Waals surface area (Å²) in [6.45, 7) is 9.54. The van der Waals surface area contributed by atoms with Crippen LogP contribution >= 0.6 is 0 Å². The van der Waals surface area contributed by atoms with Crippen LogP contribution in [0.5, 0.6) is 0 Å². The fraction of sp³-hybridized carbons (Fsp3) is 0.467. The Morgan fingerprint density at radius 2 is 1.53 bits per heavy atom. The van der Waals surface area contributed by atoms with Crippen LogP contribution in [0.2, 0.25) is 0 Å². The monoisotopic (exact) mass is 204 g/mol. The first-order valence-electron chi connectivity index (χ1n) is 6.06. The van der Waals surface area contributed by atoms with Gasteiger partial charge in [-0.15, -0.1) is 6.58 Å². The molecule has 0 aromatic heterocycles. The first-order chi connectivity index (χ1) is 7.38. The van der Waals surface area contributed by atoms with Gasteiger partial charge >= 0.3 is 0 Å². The molecule has 0 saturated heterocycles. The number of benzene rings is 1. The second-order valence-corrected chi connectivity index (χ2v) is 3.32. The smallest absolute Gasteiger partial charge is 0.0273 e. The zero-order valence-electron chi connectivity index (χ0n) is 10.4. The summed E-state index contributed by atoms with van der Waals surface area (Å²) in [4.78, 5) is 0. The van der Waals surface area contributed by atoms with Crippen LogP contribution in [0.3, 0.4) is 0 Å². The van der Waals surface area contributed by atoms with Crippen molar-refractivity contribution in [3.8, 4) is 0 Å². The molecule has 0 amide bonds. The molecule has 1 aromatic rings. The van der Waals surface area contributed by atoms with E-state index in [1.54, 1.807) is 11.1 Å². The molecule has 0 radical (unpaired) electrons. The molecular weight excluding hydrogens is 180 g/mol. The average Bonchev–Trinajstić information content (AvgIpc) is 2.80. The third kappa shape index (κ3) is 5.41. The van der Waals surface area contributed by atoms with Crippen LogP contribution < -0.4 is 0 Å². The van der Waals surface area contributed by atoms with Gasteiger partial charge in [-0.2, -0.15) is 0 Å². The van der Waals surface area contributed by atoms with E-state index in [0.717, 1.165) is 6.42 Å². The van der Waals surface area contributed by atoms with Crippen LogP contribution in [0.4, 0.5) is 0 Å². The number of allylic oxidation sites excluding steroid dienone is 1. The van der Waals surface area contributed by atoms with Crippen LogP contribution in [-0.4, -0.2) is 0 Å². The fourth-order valence-corrected chi connectivity index (χ4v) is 1.51. The first kappa shape index (κ1) is 14.0. The van der Waals surface area contributed by atoms with E-state index in [0.29, 0.717) is 0 Å². The van der Waals surface area contributed by atoms with Gasteiger partial charge in [-0.25, -0.2) is 0 Å². The molecule has 0 unspecified atom stereocenters. The van der Waals surface area contributed by atoms with Gasteiger partial charge in [0.2, 0.25) is 0 Å². The van der Waals surface area contributed by atoms with E-state index in [4.69, 9.17) is 0 Å². The predicted molar refractivity (Wildman–Crippen MR) is 70.3 cm³/mol. The van der Waals surface area contributed by atoms with Crippen molar-refractivity contribution < 1.29 is 0 Å². The Bertz CT molecular complexity index is 237. The number of hydrogen-bond donors (Lipinski definition) is 0. The van der Waals surface area contributed by atoms with Gasteiger partial charge in [0.15, 0.2) is 0 Å². The highest BCUT2D eigenvalue weighted by Gasteiger charge is 2.07. The Morgan fingerprint density at radius 1 is 1.13 bits per heavy atom. The summed E-state index contributed by atoms with van der Waals surface area (Å²) >= 11 is 0. The van der Waals surface area contributed by atoms with Crippen molar-refractivity contribution in [3.05, 3.63) is 48.0 Å². The van der Waals surface area contributed by atoms with Crippen LogP contribution in [0.25, 0.3) is 0 Å². The minimum absolute atomic E-state index is 1.08. The average molecular weight is 204 g/mol. The van der Waals surface area contributed by atoms with E-state index < -0.39 is 0 Å². The summed E-state index contributed by atoms with van der Waals surface area (Å²) in [7, 11) is 0. The van der Waals surface area contributed by atoms with Crippen LogP contribution in [0.15, 0.2) is 36.9 Å². The predicted octanol–water partition coefficient (Wildman–Crippen LogP) is 4.78. The molecule has 0 aliphatic heterocycles. The van der Waals surface area contributed by atoms with Crippen molar-refractivity contribution >= 4 is 0 Å². The third-order valence-electron chi connectivity index (χ3n) is 2.30. The minimum Gasteiger partial charge on any atom is -0.103 e. The van der Waals surface area contributed by atoms with Crippen molar-refractivity contribution in [1.29, 1.82) is 0 Å². The Labute approximate surface area is 95.0 Å². The molecule has 0 saturated carbocycles. The van der Waals surface area contributed by atoms with Gasteiger partial charge in [-0.1, -0.05) is 51.1 Å². The van der Waals surface area contributed by atoms with Crippen LogP contribution in [0, 0.1) is 0 Å². The molecule has 0 fully saturated rings. The van der Waals surface area contributed by atoms with Crippen molar-refractivity contribution in [3.63, 3.8) is 0 Å². The van der Waals surface area contributed by atoms with Crippen LogP contribution in [-0.2, 0) is 12.8 Å². The fourth-order valence-electron chi connectivity index (χ4n) is 1.51. The lowest BCUT2D eigenvalue weighted by Gasteiger charge is -1.93. The maximum absolute atomic E-state index is 3.48. The molecule has 1 aliphatic carbocycles. The van der Waals surface area contributed by atoms with Gasteiger partial charge in [-0.05, 0) is 36.8 Å². The zero-order chi connectivity index (χ0) is 11.5. The molecule has 0 heterocycles. The van der Waals surface area contributed by atoms with Gasteiger partial charge < -0.3 is 0 Å². The van der Waals surface area contributed by atoms with Crippen LogP contribution in [0.1, 0.15) is 44.7 Å². The van der Waals surface area contributed by atoms with Crippen molar-refractivity contribution in [2.45, 2.75) is 46.5 Å². The SMILES string of the molecule is C=CCC.CC.c1ccc2c(c1)CCC2.